The number of carbonyl (C=O) groups excluding carboxylic acids is 2. The van der Waals surface area contributed by atoms with Gasteiger partial charge < -0.3 is 79.1 Å². The Hall–Kier alpha value is -1.88. The molecule has 0 aromatic heterocycles. The van der Waals surface area contributed by atoms with Gasteiger partial charge in [0.2, 0.25) is 6.29 Å². The molecular formula is C49H78O18. The number of rotatable bonds is 9. The first kappa shape index (κ1) is 51.5. The highest BCUT2D eigenvalue weighted by atomic mass is 16.7. The second-order valence-electron chi connectivity index (χ2n) is 23.5. The van der Waals surface area contributed by atoms with Gasteiger partial charge in [-0.1, -0.05) is 60.1 Å². The lowest BCUT2D eigenvalue weighted by molar-refractivity contribution is -0.355. The SMILES string of the molecule is CCOC(=O)C1OC(OC2CCC3(C)C(CCC4(C)C3CC=C3C5CC(C)(C)CCC5(C(=O)OC5OC(CO)C(O)C(O)C5O)CCC34C)C2(C)C)C(O)C(O)C1OC1OCC(O)C(O)C1O. The molecule has 3 aliphatic heterocycles. The van der Waals surface area contributed by atoms with Crippen LogP contribution in [0.5, 0.6) is 0 Å². The molecule has 8 rings (SSSR count). The summed E-state index contributed by atoms with van der Waals surface area (Å²) in [5.41, 5.74) is -0.707. The van der Waals surface area contributed by atoms with Crippen LogP contribution in [-0.2, 0) is 42.7 Å². The molecule has 9 N–H and O–H groups in total. The van der Waals surface area contributed by atoms with E-state index in [0.29, 0.717) is 19.3 Å². The van der Waals surface area contributed by atoms with Gasteiger partial charge in [-0.05, 0) is 116 Å². The van der Waals surface area contributed by atoms with Crippen molar-refractivity contribution in [2.45, 2.75) is 212 Å². The maximum Gasteiger partial charge on any atom is 0.338 e. The van der Waals surface area contributed by atoms with Crippen LogP contribution in [0.15, 0.2) is 11.6 Å². The van der Waals surface area contributed by atoms with E-state index in [4.69, 9.17) is 33.2 Å². The topological polar surface area (TPSA) is 281 Å². The maximum atomic E-state index is 14.7. The molecular weight excluding hydrogens is 877 g/mol. The Morgan fingerprint density at radius 2 is 1.39 bits per heavy atom. The van der Waals surface area contributed by atoms with Crippen molar-refractivity contribution >= 4 is 11.9 Å². The lowest BCUT2D eigenvalue weighted by atomic mass is 9.33. The van der Waals surface area contributed by atoms with Gasteiger partial charge in [0.15, 0.2) is 18.7 Å². The first-order valence-corrected chi connectivity index (χ1v) is 24.7. The first-order chi connectivity index (χ1) is 31.3. The molecule has 0 bridgehead atoms. The molecule has 0 amide bonds. The monoisotopic (exact) mass is 955 g/mol. The number of aliphatic hydroxyl groups excluding tert-OH is 9. The number of hydrogen-bond donors (Lipinski definition) is 9. The fourth-order valence-electron chi connectivity index (χ4n) is 14.9. The van der Waals surface area contributed by atoms with Crippen molar-refractivity contribution in [3.8, 4) is 0 Å². The van der Waals surface area contributed by atoms with Crippen molar-refractivity contribution in [3.63, 3.8) is 0 Å². The molecule has 22 atom stereocenters. The van der Waals surface area contributed by atoms with Gasteiger partial charge >= 0.3 is 11.9 Å². The second kappa shape index (κ2) is 18.3. The summed E-state index contributed by atoms with van der Waals surface area (Å²) in [6, 6.07) is 0. The van der Waals surface area contributed by atoms with Gasteiger partial charge in [-0.15, -0.1) is 0 Å². The van der Waals surface area contributed by atoms with Crippen LogP contribution in [0.1, 0.15) is 120 Å². The Kier molecular flexibility index (Phi) is 14.1. The number of carbonyl (C=O) groups is 2. The van der Waals surface area contributed by atoms with Gasteiger partial charge in [0.25, 0.3) is 0 Å². The molecule has 5 aliphatic carbocycles. The van der Waals surface area contributed by atoms with Crippen LogP contribution in [0.25, 0.3) is 0 Å². The Balaban J connectivity index is 1.02. The number of hydrogen-bond acceptors (Lipinski definition) is 18. The van der Waals surface area contributed by atoms with E-state index in [1.54, 1.807) is 6.92 Å². The fourth-order valence-corrected chi connectivity index (χ4v) is 14.9. The van der Waals surface area contributed by atoms with E-state index in [0.717, 1.165) is 44.9 Å². The molecule has 0 radical (unpaired) electrons. The maximum absolute atomic E-state index is 14.7. The molecule has 18 nitrogen and oxygen atoms in total. The predicted molar refractivity (Wildman–Crippen MR) is 234 cm³/mol. The predicted octanol–water partition coefficient (Wildman–Crippen LogP) is 1.35. The van der Waals surface area contributed by atoms with Crippen LogP contribution >= 0.6 is 0 Å². The van der Waals surface area contributed by atoms with Crippen LogP contribution in [0, 0.1) is 50.2 Å². The standard InChI is InChI=1S/C49H78O18/c1-9-61-39(59)38-37(65-40-34(56)30(52)25(51)22-62-40)33(55)36(58)42(66-38)64-29-13-14-46(6)27(45(29,4)5)12-15-48(8)28(46)11-10-23-24-20-44(2,3)16-18-49(24,19-17-47(23,48)7)43(60)67-41-35(57)32(54)31(53)26(21-50)63-41/h10,24-38,40-42,50-58H,9,11-22H2,1-8H3. The number of ether oxygens (including phenoxy) is 7. The van der Waals surface area contributed by atoms with Crippen molar-refractivity contribution in [1.82, 2.24) is 0 Å². The summed E-state index contributed by atoms with van der Waals surface area (Å²) in [6.07, 6.45) is -12.7. The number of fused-ring (bicyclic) bond motifs is 7. The summed E-state index contributed by atoms with van der Waals surface area (Å²) in [4.78, 5) is 28.0. The average molecular weight is 955 g/mol. The zero-order valence-corrected chi connectivity index (χ0v) is 40.4. The second-order valence-corrected chi connectivity index (χ2v) is 23.5. The highest BCUT2D eigenvalue weighted by molar-refractivity contribution is 5.79. The van der Waals surface area contributed by atoms with Crippen molar-refractivity contribution in [2.75, 3.05) is 19.8 Å². The molecule has 18 heteroatoms. The van der Waals surface area contributed by atoms with E-state index in [1.807, 2.05) is 0 Å². The van der Waals surface area contributed by atoms with Crippen LogP contribution in [0.3, 0.4) is 0 Å². The van der Waals surface area contributed by atoms with E-state index >= 15 is 0 Å². The van der Waals surface area contributed by atoms with Crippen LogP contribution < -0.4 is 0 Å². The molecule has 3 saturated heterocycles. The third-order valence-electron chi connectivity index (χ3n) is 19.2. The fraction of sp³-hybridized carbons (Fsp3) is 0.918. The largest absolute Gasteiger partial charge is 0.464 e. The molecule has 4 saturated carbocycles. The van der Waals surface area contributed by atoms with E-state index in [9.17, 15) is 55.5 Å². The minimum absolute atomic E-state index is 0.0215. The Morgan fingerprint density at radius 3 is 2.07 bits per heavy atom. The van der Waals surface area contributed by atoms with E-state index in [1.165, 1.54) is 5.57 Å². The number of allylic oxidation sites excluding steroid dienone is 2. The molecule has 0 aromatic carbocycles. The highest BCUT2D eigenvalue weighted by Crippen LogP contribution is 2.76. The molecule has 382 valence electrons. The van der Waals surface area contributed by atoms with Gasteiger partial charge in [0.1, 0.15) is 61.0 Å². The lowest BCUT2D eigenvalue weighted by Gasteiger charge is -2.71. The number of esters is 2. The third-order valence-corrected chi connectivity index (χ3v) is 19.2. The van der Waals surface area contributed by atoms with Gasteiger partial charge in [-0.3, -0.25) is 4.79 Å². The Labute approximate surface area is 393 Å². The lowest BCUT2D eigenvalue weighted by Crippen LogP contribution is -2.67. The minimum atomic E-state index is -1.76. The quantitative estimate of drug-likeness (QED) is 0.0896. The molecule has 3 heterocycles. The van der Waals surface area contributed by atoms with Gasteiger partial charge in [-0.25, -0.2) is 4.79 Å². The molecule has 22 unspecified atom stereocenters. The normalized spacial score (nSPS) is 51.4. The molecule has 0 aromatic rings. The Morgan fingerprint density at radius 1 is 0.716 bits per heavy atom. The Bertz CT molecular complexity index is 1860. The van der Waals surface area contributed by atoms with E-state index in [-0.39, 0.29) is 52.6 Å². The van der Waals surface area contributed by atoms with Crippen molar-refractivity contribution < 1.29 is 88.7 Å². The smallest absolute Gasteiger partial charge is 0.338 e. The van der Waals surface area contributed by atoms with Gasteiger partial charge in [0, 0.05) is 0 Å². The minimum Gasteiger partial charge on any atom is -0.464 e. The average Bonchev–Trinajstić information content (AvgIpc) is 3.27. The molecule has 0 spiro atoms. The van der Waals surface area contributed by atoms with Crippen molar-refractivity contribution in [1.29, 1.82) is 0 Å². The summed E-state index contributed by atoms with van der Waals surface area (Å²) in [5.74, 6) is -1.09. The van der Waals surface area contributed by atoms with E-state index in [2.05, 4.69) is 54.5 Å². The van der Waals surface area contributed by atoms with Crippen molar-refractivity contribution in [2.24, 2.45) is 50.2 Å². The van der Waals surface area contributed by atoms with Crippen LogP contribution in [0.2, 0.25) is 0 Å². The van der Waals surface area contributed by atoms with Crippen LogP contribution in [0.4, 0.5) is 0 Å². The molecule has 7 fully saturated rings. The van der Waals surface area contributed by atoms with Gasteiger partial charge in [0.05, 0.1) is 31.3 Å². The molecule has 67 heavy (non-hydrogen) atoms. The summed E-state index contributed by atoms with van der Waals surface area (Å²) < 4.78 is 40.9. The zero-order valence-electron chi connectivity index (χ0n) is 40.4. The summed E-state index contributed by atoms with van der Waals surface area (Å²) in [7, 11) is 0. The zero-order chi connectivity index (χ0) is 49.0. The first-order valence-electron chi connectivity index (χ1n) is 24.7. The number of aliphatic hydroxyl groups is 9. The van der Waals surface area contributed by atoms with E-state index < -0.39 is 121 Å². The summed E-state index contributed by atoms with van der Waals surface area (Å²) >= 11 is 0. The van der Waals surface area contributed by atoms with Gasteiger partial charge in [-0.2, -0.15) is 0 Å². The van der Waals surface area contributed by atoms with Crippen molar-refractivity contribution in [3.05, 3.63) is 11.6 Å². The summed E-state index contributed by atoms with van der Waals surface area (Å²) in [5, 5.41) is 95.4. The van der Waals surface area contributed by atoms with Crippen LogP contribution in [-0.4, -0.2) is 170 Å². The summed E-state index contributed by atoms with van der Waals surface area (Å²) in [6.45, 7) is 16.6. The molecule has 8 aliphatic rings. The highest BCUT2D eigenvalue weighted by Gasteiger charge is 2.70. The third kappa shape index (κ3) is 8.26.